The van der Waals surface area contributed by atoms with Crippen molar-refractivity contribution < 1.29 is 4.79 Å². The minimum absolute atomic E-state index is 0.0827. The molecule has 0 atom stereocenters. The molecule has 0 aliphatic heterocycles. The Bertz CT molecular complexity index is 397. The fraction of sp³-hybridized carbons (Fsp3) is 0.500. The van der Waals surface area contributed by atoms with E-state index in [0.29, 0.717) is 0 Å². The predicted molar refractivity (Wildman–Crippen MR) is 50.9 cm³/mol. The summed E-state index contributed by atoms with van der Waals surface area (Å²) in [6, 6.07) is 0. The number of hydrogen-bond acceptors (Lipinski definition) is 4. The monoisotopic (exact) mass is 196 g/mol. The molecule has 0 saturated carbocycles. The second-order valence-electron chi connectivity index (χ2n) is 3.23. The maximum atomic E-state index is 11.2. The Morgan fingerprint density at radius 1 is 1.43 bits per heavy atom. The van der Waals surface area contributed by atoms with E-state index in [1.807, 2.05) is 0 Å². The smallest absolute Gasteiger partial charge is 0.273 e. The number of nitrogens with zero attached hydrogens (tertiary/aromatic N) is 2. The first-order valence-corrected chi connectivity index (χ1v) is 4.25. The average Bonchev–Trinajstić information content (AvgIpc) is 2.11. The van der Waals surface area contributed by atoms with E-state index in [9.17, 15) is 9.59 Å². The number of nitrogens with one attached hydrogen (secondary N) is 2. The highest BCUT2D eigenvalue weighted by atomic mass is 16.2. The maximum Gasteiger partial charge on any atom is 0.273 e. The zero-order chi connectivity index (χ0) is 10.7. The predicted octanol–water partition coefficient (Wildman–Crippen LogP) is 0.0678. The Hall–Kier alpha value is -1.72. The molecule has 0 unspecified atom stereocenters. The third kappa shape index (κ3) is 2.38. The summed E-state index contributed by atoms with van der Waals surface area (Å²) in [4.78, 5) is 24.7. The van der Waals surface area contributed by atoms with Crippen LogP contribution in [-0.4, -0.2) is 21.1 Å². The van der Waals surface area contributed by atoms with Crippen LogP contribution in [0, 0.1) is 12.8 Å². The molecule has 14 heavy (non-hydrogen) atoms. The summed E-state index contributed by atoms with van der Waals surface area (Å²) in [5.74, 6) is -0.292. The van der Waals surface area contributed by atoms with Crippen molar-refractivity contribution in [3.05, 3.63) is 16.0 Å². The molecule has 0 aliphatic carbocycles. The van der Waals surface area contributed by atoms with Gasteiger partial charge in [-0.05, 0) is 6.92 Å². The van der Waals surface area contributed by atoms with Crippen molar-refractivity contribution in [2.45, 2.75) is 20.8 Å². The van der Waals surface area contributed by atoms with Crippen LogP contribution in [0.15, 0.2) is 4.79 Å². The van der Waals surface area contributed by atoms with Gasteiger partial charge in [0.1, 0.15) is 5.69 Å². The number of aryl methyl sites for hydroxylation is 1. The first kappa shape index (κ1) is 10.4. The molecule has 0 radical (unpaired) electrons. The van der Waals surface area contributed by atoms with Gasteiger partial charge in [0.25, 0.3) is 5.56 Å². The fourth-order valence-corrected chi connectivity index (χ4v) is 0.711. The normalized spacial score (nSPS) is 10.3. The van der Waals surface area contributed by atoms with Crippen LogP contribution in [0.25, 0.3) is 0 Å². The van der Waals surface area contributed by atoms with Crippen molar-refractivity contribution in [2.75, 3.05) is 5.32 Å². The van der Waals surface area contributed by atoms with Crippen molar-refractivity contribution in [1.29, 1.82) is 0 Å². The standard InChI is InChI=1S/C8H12N4O2/c1-4(2)6(13)9-8-10-7(14)5(3)11-12-8/h4H,1-3H3,(H2,9,10,12,13,14). The van der Waals surface area contributed by atoms with Crippen LogP contribution in [0.1, 0.15) is 19.5 Å². The Morgan fingerprint density at radius 2 is 2.07 bits per heavy atom. The van der Waals surface area contributed by atoms with Crippen molar-refractivity contribution >= 4 is 11.9 Å². The summed E-state index contributed by atoms with van der Waals surface area (Å²) >= 11 is 0. The van der Waals surface area contributed by atoms with E-state index < -0.39 is 0 Å². The highest BCUT2D eigenvalue weighted by Gasteiger charge is 2.08. The second-order valence-corrected chi connectivity index (χ2v) is 3.23. The van der Waals surface area contributed by atoms with Gasteiger partial charge in [-0.2, -0.15) is 0 Å². The summed E-state index contributed by atoms with van der Waals surface area (Å²) in [6.07, 6.45) is 0. The molecule has 0 fully saturated rings. The van der Waals surface area contributed by atoms with Gasteiger partial charge in [-0.1, -0.05) is 13.8 Å². The molecule has 0 bridgehead atoms. The lowest BCUT2D eigenvalue weighted by Gasteiger charge is -2.05. The Morgan fingerprint density at radius 3 is 2.57 bits per heavy atom. The topological polar surface area (TPSA) is 87.7 Å². The summed E-state index contributed by atoms with van der Waals surface area (Å²) in [6.45, 7) is 5.03. The third-order valence-corrected chi connectivity index (χ3v) is 1.63. The van der Waals surface area contributed by atoms with Gasteiger partial charge in [-0.15, -0.1) is 10.2 Å². The second kappa shape index (κ2) is 3.99. The van der Waals surface area contributed by atoms with Crippen molar-refractivity contribution in [1.82, 2.24) is 15.2 Å². The Labute approximate surface area is 80.8 Å². The largest absolute Gasteiger partial charge is 0.295 e. The van der Waals surface area contributed by atoms with Crippen molar-refractivity contribution in [3.8, 4) is 0 Å². The fourth-order valence-electron chi connectivity index (χ4n) is 0.711. The van der Waals surface area contributed by atoms with Crippen molar-refractivity contribution in [2.24, 2.45) is 5.92 Å². The van der Waals surface area contributed by atoms with Gasteiger partial charge in [-0.3, -0.25) is 19.9 Å². The van der Waals surface area contributed by atoms with Gasteiger partial charge in [0.2, 0.25) is 11.9 Å². The van der Waals surface area contributed by atoms with E-state index in [1.165, 1.54) is 0 Å². The highest BCUT2D eigenvalue weighted by molar-refractivity contribution is 5.90. The zero-order valence-corrected chi connectivity index (χ0v) is 8.29. The lowest BCUT2D eigenvalue weighted by molar-refractivity contribution is -0.118. The number of rotatable bonds is 2. The average molecular weight is 196 g/mol. The van der Waals surface area contributed by atoms with Gasteiger partial charge >= 0.3 is 0 Å². The molecule has 0 saturated heterocycles. The molecule has 0 spiro atoms. The van der Waals surface area contributed by atoms with Gasteiger partial charge in [0, 0.05) is 5.92 Å². The van der Waals surface area contributed by atoms with E-state index >= 15 is 0 Å². The van der Waals surface area contributed by atoms with E-state index in [1.54, 1.807) is 20.8 Å². The van der Waals surface area contributed by atoms with Gasteiger partial charge in [-0.25, -0.2) is 0 Å². The van der Waals surface area contributed by atoms with E-state index in [4.69, 9.17) is 0 Å². The van der Waals surface area contributed by atoms with Crippen LogP contribution >= 0.6 is 0 Å². The lowest BCUT2D eigenvalue weighted by Crippen LogP contribution is -2.23. The SMILES string of the molecule is Cc1nnc(NC(=O)C(C)C)[nH]c1=O. The first-order chi connectivity index (χ1) is 6.50. The number of anilines is 1. The maximum absolute atomic E-state index is 11.2. The van der Waals surface area contributed by atoms with Crippen molar-refractivity contribution in [3.63, 3.8) is 0 Å². The Kier molecular flexibility index (Phi) is 2.95. The highest BCUT2D eigenvalue weighted by Crippen LogP contribution is 1.97. The molecule has 1 heterocycles. The minimum atomic E-state index is -0.348. The van der Waals surface area contributed by atoms with Crippen LogP contribution in [0.3, 0.4) is 0 Å². The molecule has 0 aromatic carbocycles. The van der Waals surface area contributed by atoms with Gasteiger partial charge in [0.15, 0.2) is 0 Å². The van der Waals surface area contributed by atoms with E-state index in [-0.39, 0.29) is 29.0 Å². The summed E-state index contributed by atoms with van der Waals surface area (Å²) in [7, 11) is 0. The number of carbonyl (C=O) groups is 1. The molecule has 76 valence electrons. The van der Waals surface area contributed by atoms with Gasteiger partial charge in [0.05, 0.1) is 0 Å². The number of carbonyl (C=O) groups excluding carboxylic acids is 1. The van der Waals surface area contributed by atoms with E-state index in [0.717, 1.165) is 0 Å². The summed E-state index contributed by atoms with van der Waals surface area (Å²) in [5, 5.41) is 9.65. The molecule has 6 nitrogen and oxygen atoms in total. The van der Waals surface area contributed by atoms with Crippen LogP contribution in [0.4, 0.5) is 5.95 Å². The Balaban J connectivity index is 2.84. The lowest BCUT2D eigenvalue weighted by atomic mass is 10.2. The molecule has 1 aromatic heterocycles. The first-order valence-electron chi connectivity index (χ1n) is 4.25. The molecular formula is C8H12N4O2. The van der Waals surface area contributed by atoms with Crippen LogP contribution in [0.2, 0.25) is 0 Å². The molecule has 2 N–H and O–H groups in total. The molecular weight excluding hydrogens is 184 g/mol. The van der Waals surface area contributed by atoms with Crippen LogP contribution in [0.5, 0.6) is 0 Å². The number of hydrogen-bond donors (Lipinski definition) is 2. The number of H-pyrrole nitrogens is 1. The van der Waals surface area contributed by atoms with Gasteiger partial charge < -0.3 is 0 Å². The quantitative estimate of drug-likeness (QED) is 0.700. The molecule has 0 aliphatic rings. The number of amides is 1. The summed E-state index contributed by atoms with van der Waals surface area (Å²) < 4.78 is 0. The molecule has 1 amide bonds. The van der Waals surface area contributed by atoms with Crippen LogP contribution < -0.4 is 10.9 Å². The zero-order valence-electron chi connectivity index (χ0n) is 8.29. The third-order valence-electron chi connectivity index (χ3n) is 1.63. The number of aromatic nitrogens is 3. The number of aromatic amines is 1. The molecule has 1 aromatic rings. The minimum Gasteiger partial charge on any atom is -0.295 e. The van der Waals surface area contributed by atoms with E-state index in [2.05, 4.69) is 20.5 Å². The molecule has 1 rings (SSSR count). The van der Waals surface area contributed by atoms with Crippen LogP contribution in [-0.2, 0) is 4.79 Å². The molecule has 6 heteroatoms. The summed E-state index contributed by atoms with van der Waals surface area (Å²) in [5.41, 5.74) is -0.0772.